The number of carboxylic acids is 1. The van der Waals surface area contributed by atoms with Gasteiger partial charge in [-0.05, 0) is 24.3 Å². The summed E-state index contributed by atoms with van der Waals surface area (Å²) < 4.78 is 11.3. The summed E-state index contributed by atoms with van der Waals surface area (Å²) in [5.74, 6) is 1.14. The second kappa shape index (κ2) is 5.14. The van der Waals surface area contributed by atoms with E-state index in [1.807, 2.05) is 42.5 Å². The van der Waals surface area contributed by atoms with Crippen molar-refractivity contribution in [3.63, 3.8) is 0 Å². The zero-order chi connectivity index (χ0) is 16.0. The predicted molar refractivity (Wildman–Crippen MR) is 88.8 cm³/mol. The first-order valence-corrected chi connectivity index (χ1v) is 7.82. The van der Waals surface area contributed by atoms with Crippen LogP contribution in [0.25, 0.3) is 21.6 Å². The van der Waals surface area contributed by atoms with Crippen molar-refractivity contribution in [2.75, 3.05) is 7.11 Å². The SMILES string of the molecule is COc1ccc2c(c1)Oc1ccccc1-c1cc(C(=O)O)sc1-2. The Morgan fingerprint density at radius 1 is 1.04 bits per heavy atom. The van der Waals surface area contributed by atoms with Crippen LogP contribution in [0.2, 0.25) is 0 Å². The lowest BCUT2D eigenvalue weighted by Crippen LogP contribution is -1.91. The lowest BCUT2D eigenvalue weighted by Gasteiger charge is -2.10. The van der Waals surface area contributed by atoms with Crippen molar-refractivity contribution >= 4 is 17.3 Å². The van der Waals surface area contributed by atoms with Gasteiger partial charge in [-0.2, -0.15) is 0 Å². The van der Waals surface area contributed by atoms with Crippen LogP contribution in [0.5, 0.6) is 17.2 Å². The van der Waals surface area contributed by atoms with Crippen LogP contribution in [0.3, 0.4) is 0 Å². The molecular weight excluding hydrogens is 312 g/mol. The first-order valence-electron chi connectivity index (χ1n) is 7.00. The van der Waals surface area contributed by atoms with Gasteiger partial charge in [0.15, 0.2) is 0 Å². The second-order valence-corrected chi connectivity index (χ2v) is 6.17. The molecule has 0 aliphatic carbocycles. The van der Waals surface area contributed by atoms with E-state index in [0.717, 1.165) is 21.6 Å². The summed E-state index contributed by atoms with van der Waals surface area (Å²) in [5.41, 5.74) is 2.64. The molecule has 4 nitrogen and oxygen atoms in total. The molecule has 23 heavy (non-hydrogen) atoms. The van der Waals surface area contributed by atoms with E-state index in [2.05, 4.69) is 0 Å². The molecule has 0 spiro atoms. The number of carboxylic acid groups (broad SMARTS) is 1. The Morgan fingerprint density at radius 2 is 1.87 bits per heavy atom. The van der Waals surface area contributed by atoms with E-state index < -0.39 is 5.97 Å². The molecule has 0 fully saturated rings. The van der Waals surface area contributed by atoms with Crippen LogP contribution in [0.15, 0.2) is 48.5 Å². The smallest absolute Gasteiger partial charge is 0.345 e. The summed E-state index contributed by atoms with van der Waals surface area (Å²) >= 11 is 1.26. The molecule has 114 valence electrons. The Bertz CT molecular complexity index is 927. The molecule has 3 aromatic rings. The van der Waals surface area contributed by atoms with E-state index in [0.29, 0.717) is 22.1 Å². The van der Waals surface area contributed by atoms with Crippen molar-refractivity contribution < 1.29 is 19.4 Å². The van der Waals surface area contributed by atoms with E-state index in [-0.39, 0.29) is 0 Å². The van der Waals surface area contributed by atoms with Crippen LogP contribution < -0.4 is 9.47 Å². The van der Waals surface area contributed by atoms with Gasteiger partial charge in [0.05, 0.1) is 7.11 Å². The van der Waals surface area contributed by atoms with E-state index in [1.54, 1.807) is 13.2 Å². The largest absolute Gasteiger partial charge is 0.497 e. The summed E-state index contributed by atoms with van der Waals surface area (Å²) in [5, 5.41) is 9.34. The highest BCUT2D eigenvalue weighted by atomic mass is 32.1. The van der Waals surface area contributed by atoms with Gasteiger partial charge in [0.1, 0.15) is 22.1 Å². The highest BCUT2D eigenvalue weighted by Crippen LogP contribution is 2.50. The zero-order valence-corrected chi connectivity index (χ0v) is 13.0. The maximum Gasteiger partial charge on any atom is 0.345 e. The molecule has 2 aromatic carbocycles. The minimum atomic E-state index is -0.920. The lowest BCUT2D eigenvalue weighted by molar-refractivity contribution is 0.0702. The highest BCUT2D eigenvalue weighted by molar-refractivity contribution is 7.18. The molecule has 1 N–H and O–H groups in total. The molecule has 2 heterocycles. The molecule has 0 unspecified atom stereocenters. The van der Waals surface area contributed by atoms with Crippen molar-refractivity contribution in [2.24, 2.45) is 0 Å². The second-order valence-electron chi connectivity index (χ2n) is 5.12. The van der Waals surface area contributed by atoms with Gasteiger partial charge in [0.25, 0.3) is 0 Å². The van der Waals surface area contributed by atoms with Crippen molar-refractivity contribution in [2.45, 2.75) is 0 Å². The average Bonchev–Trinajstić information content (AvgIpc) is 2.95. The predicted octanol–water partition coefficient (Wildman–Crippen LogP) is 4.89. The van der Waals surface area contributed by atoms with Crippen LogP contribution in [-0.4, -0.2) is 18.2 Å². The molecular formula is C18H12O4S. The van der Waals surface area contributed by atoms with Crippen molar-refractivity contribution in [1.29, 1.82) is 0 Å². The molecule has 0 saturated heterocycles. The van der Waals surface area contributed by atoms with Crippen LogP contribution in [0.4, 0.5) is 0 Å². The van der Waals surface area contributed by atoms with Gasteiger partial charge in [-0.3, -0.25) is 0 Å². The first-order chi connectivity index (χ1) is 11.2. The minimum Gasteiger partial charge on any atom is -0.497 e. The van der Waals surface area contributed by atoms with Crippen LogP contribution in [0, 0.1) is 0 Å². The molecule has 0 atom stereocenters. The maximum atomic E-state index is 11.4. The standard InChI is InChI=1S/C18H12O4S/c1-21-10-6-7-12-15(8-10)22-14-5-3-2-4-11(14)13-9-16(18(19)20)23-17(12)13/h2-9H,1H3,(H,19,20). The van der Waals surface area contributed by atoms with Gasteiger partial charge in [0.2, 0.25) is 0 Å². The monoisotopic (exact) mass is 324 g/mol. The van der Waals surface area contributed by atoms with E-state index in [9.17, 15) is 9.90 Å². The fraction of sp³-hybridized carbons (Fsp3) is 0.0556. The fourth-order valence-corrected chi connectivity index (χ4v) is 3.74. The van der Waals surface area contributed by atoms with Crippen molar-refractivity contribution in [1.82, 2.24) is 0 Å². The molecule has 0 amide bonds. The fourth-order valence-electron chi connectivity index (χ4n) is 2.69. The topological polar surface area (TPSA) is 55.8 Å². The number of thiophene rings is 1. The summed E-state index contributed by atoms with van der Waals surface area (Å²) in [4.78, 5) is 12.6. The summed E-state index contributed by atoms with van der Waals surface area (Å²) in [6.07, 6.45) is 0. The third kappa shape index (κ3) is 2.17. The minimum absolute atomic E-state index is 0.313. The molecule has 1 aliphatic rings. The molecule has 1 aliphatic heterocycles. The van der Waals surface area contributed by atoms with Gasteiger partial charge in [0, 0.05) is 27.6 Å². The zero-order valence-electron chi connectivity index (χ0n) is 12.2. The Morgan fingerprint density at radius 3 is 2.65 bits per heavy atom. The number of para-hydroxylation sites is 1. The molecule has 5 heteroatoms. The number of fused-ring (bicyclic) bond motifs is 5. The number of rotatable bonds is 2. The first kappa shape index (κ1) is 13.8. The van der Waals surface area contributed by atoms with Crippen LogP contribution >= 0.6 is 11.3 Å². The quantitative estimate of drug-likeness (QED) is 0.570. The molecule has 0 bridgehead atoms. The van der Waals surface area contributed by atoms with E-state index >= 15 is 0 Å². The Kier molecular flexibility index (Phi) is 3.09. The number of benzene rings is 2. The maximum absolute atomic E-state index is 11.4. The molecule has 0 radical (unpaired) electrons. The summed E-state index contributed by atoms with van der Waals surface area (Å²) in [6.45, 7) is 0. The van der Waals surface area contributed by atoms with Crippen molar-refractivity contribution in [3.05, 3.63) is 53.4 Å². The van der Waals surface area contributed by atoms with Gasteiger partial charge < -0.3 is 14.6 Å². The molecule has 1 aromatic heterocycles. The van der Waals surface area contributed by atoms with Crippen molar-refractivity contribution in [3.8, 4) is 38.8 Å². The van der Waals surface area contributed by atoms with Gasteiger partial charge in [-0.25, -0.2) is 4.79 Å². The summed E-state index contributed by atoms with van der Waals surface area (Å²) in [7, 11) is 1.60. The number of hydrogen-bond donors (Lipinski definition) is 1. The third-order valence-electron chi connectivity index (χ3n) is 3.77. The van der Waals surface area contributed by atoms with Crippen LogP contribution in [0.1, 0.15) is 9.67 Å². The normalized spacial score (nSPS) is 11.5. The third-order valence-corrected chi connectivity index (χ3v) is 4.93. The van der Waals surface area contributed by atoms with E-state index in [4.69, 9.17) is 9.47 Å². The van der Waals surface area contributed by atoms with Crippen LogP contribution in [-0.2, 0) is 0 Å². The number of methoxy groups -OCH3 is 1. The highest BCUT2D eigenvalue weighted by Gasteiger charge is 2.25. The number of ether oxygens (including phenoxy) is 2. The van der Waals surface area contributed by atoms with Gasteiger partial charge >= 0.3 is 5.97 Å². The Hall–Kier alpha value is -2.79. The Labute approximate surface area is 136 Å². The lowest BCUT2D eigenvalue weighted by atomic mass is 10.0. The molecule has 0 saturated carbocycles. The number of hydrogen-bond acceptors (Lipinski definition) is 4. The van der Waals surface area contributed by atoms with E-state index in [1.165, 1.54) is 11.3 Å². The number of aromatic carboxylic acids is 1. The van der Waals surface area contributed by atoms with Gasteiger partial charge in [-0.1, -0.05) is 18.2 Å². The Balaban J connectivity index is 2.04. The van der Waals surface area contributed by atoms with Gasteiger partial charge in [-0.15, -0.1) is 11.3 Å². The summed E-state index contributed by atoms with van der Waals surface area (Å²) in [6, 6.07) is 14.9. The number of carbonyl (C=O) groups is 1. The average molecular weight is 324 g/mol. The molecule has 4 rings (SSSR count).